The lowest BCUT2D eigenvalue weighted by Crippen LogP contribution is -2.42. The van der Waals surface area contributed by atoms with E-state index in [-0.39, 0.29) is 41.6 Å². The number of sulfone groups is 1. The number of nitrogens with one attached hydrogen (secondary N) is 2. The maximum Gasteiger partial charge on any atom is 0.191 e. The van der Waals surface area contributed by atoms with Crippen LogP contribution in [0.1, 0.15) is 25.8 Å². The quantitative estimate of drug-likeness (QED) is 0.375. The molecule has 0 aliphatic heterocycles. The molecule has 0 radical (unpaired) electrons. The third-order valence-electron chi connectivity index (χ3n) is 2.98. The highest BCUT2D eigenvalue weighted by molar-refractivity contribution is 14.0. The second-order valence-electron chi connectivity index (χ2n) is 5.29. The van der Waals surface area contributed by atoms with Gasteiger partial charge in [-0.15, -0.1) is 24.0 Å². The molecule has 0 saturated heterocycles. The first-order valence-corrected chi connectivity index (χ1v) is 9.33. The maximum atomic E-state index is 12.8. The molecule has 0 aliphatic carbocycles. The number of rotatable bonds is 7. The monoisotopic (exact) mass is 457 g/mol. The average molecular weight is 457 g/mol. The van der Waals surface area contributed by atoms with E-state index in [2.05, 4.69) is 15.6 Å². The Bertz CT molecular complexity index is 591. The van der Waals surface area contributed by atoms with Crippen molar-refractivity contribution in [2.45, 2.75) is 32.9 Å². The lowest BCUT2D eigenvalue weighted by atomic mass is 10.2. The van der Waals surface area contributed by atoms with Gasteiger partial charge in [-0.25, -0.2) is 17.8 Å². The van der Waals surface area contributed by atoms with Gasteiger partial charge in [0.15, 0.2) is 5.96 Å². The van der Waals surface area contributed by atoms with Crippen LogP contribution in [0, 0.1) is 5.82 Å². The Morgan fingerprint density at radius 1 is 1.30 bits per heavy atom. The van der Waals surface area contributed by atoms with Crippen molar-refractivity contribution in [3.8, 4) is 0 Å². The number of benzene rings is 1. The lowest BCUT2D eigenvalue weighted by molar-refractivity contribution is 0.581. The Morgan fingerprint density at radius 2 is 1.91 bits per heavy atom. The fraction of sp³-hybridized carbons (Fsp3) is 0.533. The van der Waals surface area contributed by atoms with Gasteiger partial charge in [0, 0.05) is 18.8 Å². The molecule has 0 saturated carbocycles. The van der Waals surface area contributed by atoms with E-state index in [0.717, 1.165) is 5.56 Å². The minimum Gasteiger partial charge on any atom is -0.357 e. The highest BCUT2D eigenvalue weighted by Crippen LogP contribution is 2.04. The summed E-state index contributed by atoms with van der Waals surface area (Å²) in [6.45, 7) is 4.99. The number of guanidine groups is 1. The molecule has 0 heterocycles. The third-order valence-corrected chi connectivity index (χ3v) is 3.96. The standard InChI is InChI=1S/C15H24FN3O2S.HI/c1-4-17-15(19-12(2)9-10-22(3,20)21)18-11-13-5-7-14(16)8-6-13;/h5-8,12H,4,9-11H2,1-3H3,(H2,17,18,19);1H. The summed E-state index contributed by atoms with van der Waals surface area (Å²) < 4.78 is 35.2. The molecule has 8 heteroatoms. The van der Waals surface area contributed by atoms with Crippen LogP contribution in [0.3, 0.4) is 0 Å². The van der Waals surface area contributed by atoms with Crippen LogP contribution in [0.2, 0.25) is 0 Å². The summed E-state index contributed by atoms with van der Waals surface area (Å²) in [5, 5.41) is 6.28. The zero-order chi connectivity index (χ0) is 16.6. The molecule has 132 valence electrons. The normalized spacial score (nSPS) is 13.1. The summed E-state index contributed by atoms with van der Waals surface area (Å²) in [5.74, 6) is 0.485. The van der Waals surface area contributed by atoms with E-state index in [4.69, 9.17) is 0 Å². The van der Waals surface area contributed by atoms with Crippen molar-refractivity contribution in [1.29, 1.82) is 0 Å². The van der Waals surface area contributed by atoms with Crippen LogP contribution in [0.25, 0.3) is 0 Å². The number of hydrogen-bond acceptors (Lipinski definition) is 3. The summed E-state index contributed by atoms with van der Waals surface area (Å²) in [6, 6.07) is 6.17. The van der Waals surface area contributed by atoms with Crippen molar-refractivity contribution in [2.75, 3.05) is 18.6 Å². The van der Waals surface area contributed by atoms with Gasteiger partial charge in [-0.1, -0.05) is 12.1 Å². The Morgan fingerprint density at radius 3 is 2.43 bits per heavy atom. The molecule has 0 aromatic heterocycles. The highest BCUT2D eigenvalue weighted by atomic mass is 127. The predicted molar refractivity (Wildman–Crippen MR) is 104 cm³/mol. The van der Waals surface area contributed by atoms with E-state index >= 15 is 0 Å². The van der Waals surface area contributed by atoms with Crippen LogP contribution in [0.15, 0.2) is 29.3 Å². The molecule has 0 amide bonds. The Labute approximate surface area is 155 Å². The zero-order valence-corrected chi connectivity index (χ0v) is 16.8. The summed E-state index contributed by atoms with van der Waals surface area (Å²) in [5.41, 5.74) is 0.905. The van der Waals surface area contributed by atoms with Crippen LogP contribution < -0.4 is 10.6 Å². The number of hydrogen-bond donors (Lipinski definition) is 2. The van der Waals surface area contributed by atoms with Gasteiger partial charge in [0.05, 0.1) is 12.3 Å². The van der Waals surface area contributed by atoms with E-state index < -0.39 is 9.84 Å². The molecule has 0 spiro atoms. The van der Waals surface area contributed by atoms with Gasteiger partial charge in [0.25, 0.3) is 0 Å². The van der Waals surface area contributed by atoms with Crippen molar-refractivity contribution < 1.29 is 12.8 Å². The molecule has 0 aliphatic rings. The van der Waals surface area contributed by atoms with Gasteiger partial charge in [0.2, 0.25) is 0 Å². The topological polar surface area (TPSA) is 70.6 Å². The van der Waals surface area contributed by atoms with Crippen LogP contribution in [-0.2, 0) is 16.4 Å². The van der Waals surface area contributed by atoms with Crippen LogP contribution >= 0.6 is 24.0 Å². The summed E-state index contributed by atoms with van der Waals surface area (Å²) >= 11 is 0. The summed E-state index contributed by atoms with van der Waals surface area (Å²) in [7, 11) is -2.96. The molecule has 5 nitrogen and oxygen atoms in total. The molecule has 1 atom stereocenters. The van der Waals surface area contributed by atoms with Crippen LogP contribution in [0.5, 0.6) is 0 Å². The van der Waals surface area contributed by atoms with Gasteiger partial charge in [-0.2, -0.15) is 0 Å². The van der Waals surface area contributed by atoms with Crippen LogP contribution in [0.4, 0.5) is 4.39 Å². The summed E-state index contributed by atoms with van der Waals surface area (Å²) in [6.07, 6.45) is 1.74. The summed E-state index contributed by atoms with van der Waals surface area (Å²) in [4.78, 5) is 4.42. The van der Waals surface area contributed by atoms with Gasteiger partial charge in [-0.3, -0.25) is 0 Å². The molecule has 1 unspecified atom stereocenters. The van der Waals surface area contributed by atoms with E-state index in [1.54, 1.807) is 12.1 Å². The fourth-order valence-electron chi connectivity index (χ4n) is 1.78. The molecule has 0 fully saturated rings. The van der Waals surface area contributed by atoms with Gasteiger partial charge in [-0.05, 0) is 38.0 Å². The number of nitrogens with zero attached hydrogens (tertiary/aromatic N) is 1. The largest absolute Gasteiger partial charge is 0.357 e. The van der Waals surface area contributed by atoms with E-state index in [0.29, 0.717) is 25.5 Å². The fourth-order valence-corrected chi connectivity index (χ4v) is 2.56. The first-order valence-electron chi connectivity index (χ1n) is 7.27. The Hall–Kier alpha value is -0.900. The van der Waals surface area contributed by atoms with Gasteiger partial charge in [0.1, 0.15) is 15.7 Å². The van der Waals surface area contributed by atoms with E-state index in [1.807, 2.05) is 13.8 Å². The minimum atomic E-state index is -2.96. The zero-order valence-electron chi connectivity index (χ0n) is 13.7. The first-order chi connectivity index (χ1) is 10.3. The smallest absolute Gasteiger partial charge is 0.191 e. The minimum absolute atomic E-state index is 0. The molecule has 1 aromatic carbocycles. The van der Waals surface area contributed by atoms with Crippen molar-refractivity contribution in [1.82, 2.24) is 10.6 Å². The maximum absolute atomic E-state index is 12.8. The number of aliphatic imine (C=N–C) groups is 1. The molecular formula is C15H25FIN3O2S. The molecule has 2 N–H and O–H groups in total. The number of halogens is 2. The molecule has 23 heavy (non-hydrogen) atoms. The molecule has 1 aromatic rings. The molecular weight excluding hydrogens is 432 g/mol. The van der Waals surface area contributed by atoms with Crippen molar-refractivity contribution in [3.05, 3.63) is 35.6 Å². The SMILES string of the molecule is CCNC(=NCc1ccc(F)cc1)NC(C)CCS(C)(=O)=O.I. The Balaban J connectivity index is 0.00000484. The van der Waals surface area contributed by atoms with Gasteiger partial charge >= 0.3 is 0 Å². The average Bonchev–Trinajstić information content (AvgIpc) is 2.44. The lowest BCUT2D eigenvalue weighted by Gasteiger charge is -2.17. The molecule has 1 rings (SSSR count). The predicted octanol–water partition coefficient (Wildman–Crippen LogP) is 2.32. The van der Waals surface area contributed by atoms with E-state index in [1.165, 1.54) is 18.4 Å². The van der Waals surface area contributed by atoms with Crippen molar-refractivity contribution in [2.24, 2.45) is 4.99 Å². The second-order valence-corrected chi connectivity index (χ2v) is 7.55. The van der Waals surface area contributed by atoms with Crippen molar-refractivity contribution >= 4 is 39.8 Å². The highest BCUT2D eigenvalue weighted by Gasteiger charge is 2.09. The Kier molecular flexibility index (Phi) is 10.4. The van der Waals surface area contributed by atoms with Crippen molar-refractivity contribution in [3.63, 3.8) is 0 Å². The molecule has 0 bridgehead atoms. The first kappa shape index (κ1) is 22.1. The van der Waals surface area contributed by atoms with Gasteiger partial charge < -0.3 is 10.6 Å². The second kappa shape index (κ2) is 10.8. The van der Waals surface area contributed by atoms with E-state index in [9.17, 15) is 12.8 Å². The third kappa shape index (κ3) is 10.5. The van der Waals surface area contributed by atoms with Crippen LogP contribution in [-0.4, -0.2) is 39.0 Å².